The Balaban J connectivity index is 1.24. The van der Waals surface area contributed by atoms with Crippen LogP contribution in [0.4, 0.5) is 0 Å². The highest BCUT2D eigenvalue weighted by molar-refractivity contribution is 5.94. The van der Waals surface area contributed by atoms with E-state index in [0.29, 0.717) is 24.7 Å². The Bertz CT molecular complexity index is 957. The fourth-order valence-electron chi connectivity index (χ4n) is 5.12. The Kier molecular flexibility index (Phi) is 4.55. The smallest absolute Gasteiger partial charge is 0.261 e. The van der Waals surface area contributed by atoms with E-state index in [-0.39, 0.29) is 11.5 Å². The van der Waals surface area contributed by atoms with Gasteiger partial charge in [0.25, 0.3) is 11.5 Å². The minimum Gasteiger partial charge on any atom is -0.336 e. The normalized spacial score (nSPS) is 22.0. The van der Waals surface area contributed by atoms with Crippen LogP contribution in [0.3, 0.4) is 0 Å². The molecule has 5 nitrogen and oxygen atoms in total. The number of nitrogens with one attached hydrogen (secondary N) is 1. The van der Waals surface area contributed by atoms with Crippen LogP contribution in [-0.4, -0.2) is 52.9 Å². The summed E-state index contributed by atoms with van der Waals surface area (Å²) in [7, 11) is 0. The van der Waals surface area contributed by atoms with Gasteiger partial charge in [0.05, 0.1) is 0 Å². The van der Waals surface area contributed by atoms with Crippen molar-refractivity contribution in [3.8, 4) is 0 Å². The number of rotatable bonds is 2. The summed E-state index contributed by atoms with van der Waals surface area (Å²) >= 11 is 0. The highest BCUT2D eigenvalue weighted by Gasteiger charge is 2.30. The first-order chi connectivity index (χ1) is 13.7. The fourth-order valence-corrected chi connectivity index (χ4v) is 5.12. The van der Waals surface area contributed by atoms with Crippen LogP contribution in [0, 0.1) is 0 Å². The number of H-pyrrole nitrogens is 1. The van der Waals surface area contributed by atoms with E-state index in [0.717, 1.165) is 56.5 Å². The summed E-state index contributed by atoms with van der Waals surface area (Å²) in [6, 6.07) is 11.2. The molecule has 0 saturated carbocycles. The number of aromatic nitrogens is 1. The van der Waals surface area contributed by atoms with Gasteiger partial charge in [0, 0.05) is 37.9 Å². The van der Waals surface area contributed by atoms with Crippen molar-refractivity contribution in [2.75, 3.05) is 26.2 Å². The maximum absolute atomic E-state index is 13.0. The van der Waals surface area contributed by atoms with Gasteiger partial charge in [-0.15, -0.1) is 0 Å². The fraction of sp³-hybridized carbons (Fsp3) is 0.478. The van der Waals surface area contributed by atoms with E-state index in [1.807, 2.05) is 11.0 Å². The molecular formula is C23H27N3O2. The molecule has 3 aliphatic rings. The van der Waals surface area contributed by atoms with Crippen LogP contribution in [0.25, 0.3) is 0 Å². The van der Waals surface area contributed by atoms with Crippen LogP contribution in [-0.2, 0) is 25.7 Å². The van der Waals surface area contributed by atoms with E-state index in [2.05, 4.69) is 34.1 Å². The summed E-state index contributed by atoms with van der Waals surface area (Å²) in [6.07, 6.45) is 6.38. The van der Waals surface area contributed by atoms with Gasteiger partial charge >= 0.3 is 0 Å². The number of carbonyl (C=O) groups excluding carboxylic acids is 1. The largest absolute Gasteiger partial charge is 0.336 e. The Labute approximate surface area is 165 Å². The summed E-state index contributed by atoms with van der Waals surface area (Å²) in [5.41, 5.74) is 5.22. The maximum Gasteiger partial charge on any atom is 0.261 e. The number of pyridine rings is 1. The standard InChI is InChI=1S/C23H27N3O2/c27-22-20(15-18-6-3-7-21(18)24-22)23(28)26-12-10-25(11-13-26)19-9-8-16-4-1-2-5-17(16)14-19/h1-2,4-5,15,19H,3,6-14H2,(H,24,27)/t19-/m1/s1. The van der Waals surface area contributed by atoms with Crippen molar-refractivity contribution in [1.82, 2.24) is 14.8 Å². The van der Waals surface area contributed by atoms with E-state index in [1.54, 1.807) is 0 Å². The lowest BCUT2D eigenvalue weighted by molar-refractivity contribution is 0.0551. The molecule has 1 saturated heterocycles. The minimum absolute atomic E-state index is 0.107. The number of amides is 1. The second kappa shape index (κ2) is 7.21. The van der Waals surface area contributed by atoms with Gasteiger partial charge in [0.1, 0.15) is 5.56 Å². The molecule has 5 heteroatoms. The summed E-state index contributed by atoms with van der Waals surface area (Å²) in [5.74, 6) is -0.107. The molecule has 1 fully saturated rings. The van der Waals surface area contributed by atoms with Gasteiger partial charge in [-0.25, -0.2) is 0 Å². The lowest BCUT2D eigenvalue weighted by Crippen LogP contribution is -2.53. The van der Waals surface area contributed by atoms with Gasteiger partial charge in [-0.05, 0) is 61.3 Å². The number of piperazine rings is 1. The second-order valence-electron chi connectivity index (χ2n) is 8.36. The molecule has 1 amide bonds. The Morgan fingerprint density at radius 2 is 1.75 bits per heavy atom. The van der Waals surface area contributed by atoms with Crippen molar-refractivity contribution in [3.63, 3.8) is 0 Å². The molecule has 0 unspecified atom stereocenters. The molecule has 0 bridgehead atoms. The van der Waals surface area contributed by atoms with E-state index in [4.69, 9.17) is 0 Å². The Hall–Kier alpha value is -2.40. The summed E-state index contributed by atoms with van der Waals surface area (Å²) in [6.45, 7) is 3.18. The first kappa shape index (κ1) is 17.7. The van der Waals surface area contributed by atoms with E-state index in [9.17, 15) is 9.59 Å². The molecule has 5 rings (SSSR count). The maximum atomic E-state index is 13.0. The van der Waals surface area contributed by atoms with Crippen molar-refractivity contribution in [1.29, 1.82) is 0 Å². The molecule has 2 aliphatic carbocycles. The minimum atomic E-state index is -0.225. The van der Waals surface area contributed by atoms with Gasteiger partial charge in [0.2, 0.25) is 0 Å². The van der Waals surface area contributed by atoms with Crippen molar-refractivity contribution >= 4 is 5.91 Å². The highest BCUT2D eigenvalue weighted by Crippen LogP contribution is 2.25. The number of hydrogen-bond acceptors (Lipinski definition) is 3. The molecule has 1 aliphatic heterocycles. The lowest BCUT2D eigenvalue weighted by Gasteiger charge is -2.41. The molecule has 1 atom stereocenters. The third kappa shape index (κ3) is 3.18. The number of nitrogens with zero attached hydrogens (tertiary/aromatic N) is 2. The summed E-state index contributed by atoms with van der Waals surface area (Å²) < 4.78 is 0. The van der Waals surface area contributed by atoms with Crippen molar-refractivity contribution in [3.05, 3.63) is 68.6 Å². The summed E-state index contributed by atoms with van der Waals surface area (Å²) in [4.78, 5) is 32.7. The number of aryl methyl sites for hydroxylation is 3. The van der Waals surface area contributed by atoms with Gasteiger partial charge in [0.15, 0.2) is 0 Å². The van der Waals surface area contributed by atoms with E-state index in [1.165, 1.54) is 17.5 Å². The number of fused-ring (bicyclic) bond motifs is 2. The zero-order chi connectivity index (χ0) is 19.1. The second-order valence-corrected chi connectivity index (χ2v) is 8.36. The van der Waals surface area contributed by atoms with Gasteiger partial charge in [-0.2, -0.15) is 0 Å². The van der Waals surface area contributed by atoms with E-state index < -0.39 is 0 Å². The number of aromatic amines is 1. The van der Waals surface area contributed by atoms with Crippen LogP contribution in [0.5, 0.6) is 0 Å². The average molecular weight is 377 g/mol. The molecule has 2 aromatic rings. The average Bonchev–Trinajstić information content (AvgIpc) is 3.19. The topological polar surface area (TPSA) is 56.4 Å². The molecule has 2 heterocycles. The van der Waals surface area contributed by atoms with Crippen molar-refractivity contribution in [2.45, 2.75) is 44.6 Å². The zero-order valence-electron chi connectivity index (χ0n) is 16.2. The van der Waals surface area contributed by atoms with E-state index >= 15 is 0 Å². The monoisotopic (exact) mass is 377 g/mol. The van der Waals surface area contributed by atoms with Gasteiger partial charge in [-0.3, -0.25) is 14.5 Å². The highest BCUT2D eigenvalue weighted by atomic mass is 16.2. The Morgan fingerprint density at radius 1 is 0.964 bits per heavy atom. The summed E-state index contributed by atoms with van der Waals surface area (Å²) in [5, 5.41) is 0. The SMILES string of the molecule is O=C(c1cc2c([nH]c1=O)CCC2)N1CCN([C@@H]2CCc3ccccc3C2)CC1. The molecule has 0 spiro atoms. The molecule has 0 radical (unpaired) electrons. The third-order valence-electron chi connectivity index (χ3n) is 6.76. The van der Waals surface area contributed by atoms with Crippen molar-refractivity contribution in [2.24, 2.45) is 0 Å². The van der Waals surface area contributed by atoms with Gasteiger partial charge < -0.3 is 9.88 Å². The van der Waals surface area contributed by atoms with Crippen LogP contribution < -0.4 is 5.56 Å². The van der Waals surface area contributed by atoms with Crippen LogP contribution in [0.2, 0.25) is 0 Å². The first-order valence-corrected chi connectivity index (χ1v) is 10.5. The number of hydrogen-bond donors (Lipinski definition) is 1. The van der Waals surface area contributed by atoms with Gasteiger partial charge in [-0.1, -0.05) is 24.3 Å². The van der Waals surface area contributed by atoms with Crippen LogP contribution in [0.1, 0.15) is 45.6 Å². The number of carbonyl (C=O) groups is 1. The molecule has 1 aromatic carbocycles. The molecular weight excluding hydrogens is 350 g/mol. The predicted octanol–water partition coefficient (Wildman–Crippen LogP) is 2.18. The van der Waals surface area contributed by atoms with Crippen LogP contribution >= 0.6 is 0 Å². The molecule has 1 aromatic heterocycles. The quantitative estimate of drug-likeness (QED) is 0.873. The third-order valence-corrected chi connectivity index (χ3v) is 6.76. The molecule has 28 heavy (non-hydrogen) atoms. The molecule has 146 valence electrons. The molecule has 1 N–H and O–H groups in total. The predicted molar refractivity (Wildman–Crippen MR) is 109 cm³/mol. The zero-order valence-corrected chi connectivity index (χ0v) is 16.2. The number of benzene rings is 1. The first-order valence-electron chi connectivity index (χ1n) is 10.5. The van der Waals surface area contributed by atoms with Crippen molar-refractivity contribution < 1.29 is 4.79 Å². The van der Waals surface area contributed by atoms with Crippen LogP contribution in [0.15, 0.2) is 35.1 Å². The Morgan fingerprint density at radius 3 is 2.57 bits per heavy atom. The lowest BCUT2D eigenvalue weighted by atomic mass is 9.87.